The van der Waals surface area contributed by atoms with Crippen LogP contribution in [-0.2, 0) is 0 Å². The summed E-state index contributed by atoms with van der Waals surface area (Å²) in [6.07, 6.45) is 1.42. The molecule has 0 amide bonds. The van der Waals surface area contributed by atoms with Gasteiger partial charge in [0.1, 0.15) is 12.2 Å². The second-order valence-electron chi connectivity index (χ2n) is 2.62. The standard InChI is InChI=1S/C6H7N7OS/c1-3-9-6(15-12-3)13-2-8-5(10-13)4(7)11-14/h2,14H,1H3,(H2,7,11). The minimum Gasteiger partial charge on any atom is -0.409 e. The maximum absolute atomic E-state index is 8.42. The molecule has 0 saturated heterocycles. The van der Waals surface area contributed by atoms with Crippen molar-refractivity contribution in [3.8, 4) is 5.13 Å². The average molecular weight is 225 g/mol. The number of nitrogens with zero attached hydrogens (tertiary/aromatic N) is 6. The lowest BCUT2D eigenvalue weighted by molar-refractivity contribution is 0.318. The van der Waals surface area contributed by atoms with Gasteiger partial charge in [-0.25, -0.2) is 9.97 Å². The number of amidine groups is 1. The van der Waals surface area contributed by atoms with E-state index >= 15 is 0 Å². The summed E-state index contributed by atoms with van der Waals surface area (Å²) in [4.78, 5) is 7.95. The molecule has 0 aliphatic heterocycles. The lowest BCUT2D eigenvalue weighted by Gasteiger charge is -1.90. The molecule has 0 radical (unpaired) electrons. The van der Waals surface area contributed by atoms with Crippen molar-refractivity contribution in [1.82, 2.24) is 24.1 Å². The first-order chi connectivity index (χ1) is 7.20. The van der Waals surface area contributed by atoms with E-state index in [1.165, 1.54) is 22.5 Å². The number of aromatic nitrogens is 5. The molecule has 8 nitrogen and oxygen atoms in total. The van der Waals surface area contributed by atoms with Gasteiger partial charge in [0.25, 0.3) is 0 Å². The van der Waals surface area contributed by atoms with E-state index in [1.807, 2.05) is 0 Å². The molecule has 0 bridgehead atoms. The van der Waals surface area contributed by atoms with Gasteiger partial charge in [0.15, 0.2) is 0 Å². The summed E-state index contributed by atoms with van der Waals surface area (Å²) in [6.45, 7) is 1.78. The first-order valence-electron chi connectivity index (χ1n) is 3.91. The molecule has 0 aliphatic carbocycles. The van der Waals surface area contributed by atoms with E-state index in [9.17, 15) is 0 Å². The van der Waals surface area contributed by atoms with Gasteiger partial charge in [-0.05, 0) is 6.92 Å². The second kappa shape index (κ2) is 3.61. The zero-order valence-corrected chi connectivity index (χ0v) is 8.51. The van der Waals surface area contributed by atoms with Gasteiger partial charge in [-0.2, -0.15) is 9.06 Å². The van der Waals surface area contributed by atoms with Gasteiger partial charge in [-0.15, -0.1) is 5.10 Å². The van der Waals surface area contributed by atoms with Crippen LogP contribution in [-0.4, -0.2) is 35.2 Å². The predicted octanol–water partition coefficient (Wildman–Crippen LogP) is -0.478. The van der Waals surface area contributed by atoms with Crippen molar-refractivity contribution in [3.63, 3.8) is 0 Å². The molecular weight excluding hydrogens is 218 g/mol. The van der Waals surface area contributed by atoms with Gasteiger partial charge < -0.3 is 10.9 Å². The molecule has 2 aromatic heterocycles. The average Bonchev–Trinajstić information content (AvgIpc) is 2.84. The van der Waals surface area contributed by atoms with E-state index in [0.717, 1.165) is 0 Å². The zero-order chi connectivity index (χ0) is 10.8. The molecule has 0 unspecified atom stereocenters. The molecule has 0 spiro atoms. The summed E-state index contributed by atoms with van der Waals surface area (Å²) in [5, 5.41) is 15.8. The van der Waals surface area contributed by atoms with Gasteiger partial charge in [-0.3, -0.25) is 0 Å². The number of nitrogens with two attached hydrogens (primary N) is 1. The van der Waals surface area contributed by atoms with E-state index < -0.39 is 0 Å². The molecule has 0 aliphatic rings. The molecule has 0 aromatic carbocycles. The summed E-state index contributed by atoms with van der Waals surface area (Å²) in [6, 6.07) is 0. The van der Waals surface area contributed by atoms with E-state index in [2.05, 4.69) is 24.6 Å². The third-order valence-electron chi connectivity index (χ3n) is 1.54. The van der Waals surface area contributed by atoms with Crippen molar-refractivity contribution < 1.29 is 5.21 Å². The molecule has 15 heavy (non-hydrogen) atoms. The fourth-order valence-corrected chi connectivity index (χ4v) is 1.50. The van der Waals surface area contributed by atoms with Crippen molar-refractivity contribution in [2.24, 2.45) is 10.9 Å². The number of aryl methyl sites for hydroxylation is 1. The van der Waals surface area contributed by atoms with Crippen LogP contribution in [0, 0.1) is 6.92 Å². The lowest BCUT2D eigenvalue weighted by atomic mass is 10.6. The molecule has 0 saturated carbocycles. The van der Waals surface area contributed by atoms with Crippen LogP contribution in [0.25, 0.3) is 5.13 Å². The van der Waals surface area contributed by atoms with Crippen molar-refractivity contribution in [2.75, 3.05) is 0 Å². The number of hydrogen-bond donors (Lipinski definition) is 2. The van der Waals surface area contributed by atoms with E-state index in [-0.39, 0.29) is 11.7 Å². The van der Waals surface area contributed by atoms with Crippen molar-refractivity contribution >= 4 is 17.4 Å². The maximum Gasteiger partial charge on any atom is 0.231 e. The third-order valence-corrected chi connectivity index (χ3v) is 2.34. The van der Waals surface area contributed by atoms with Gasteiger partial charge in [0, 0.05) is 11.5 Å². The molecule has 0 fully saturated rings. The molecule has 78 valence electrons. The highest BCUT2D eigenvalue weighted by Gasteiger charge is 2.09. The molecule has 3 N–H and O–H groups in total. The topological polar surface area (TPSA) is 115 Å². The van der Waals surface area contributed by atoms with E-state index in [0.29, 0.717) is 11.0 Å². The van der Waals surface area contributed by atoms with Crippen LogP contribution in [0.1, 0.15) is 11.6 Å². The molecule has 9 heteroatoms. The first kappa shape index (κ1) is 9.52. The molecule has 2 rings (SSSR count). The Morgan fingerprint density at radius 3 is 3.07 bits per heavy atom. The van der Waals surface area contributed by atoms with Crippen LogP contribution in [0.2, 0.25) is 0 Å². The molecule has 2 aromatic rings. The molecular formula is C6H7N7OS. The van der Waals surface area contributed by atoms with Crippen LogP contribution in [0.4, 0.5) is 0 Å². The van der Waals surface area contributed by atoms with Crippen molar-refractivity contribution in [3.05, 3.63) is 18.0 Å². The number of hydrogen-bond acceptors (Lipinski definition) is 7. The minimum absolute atomic E-state index is 0.144. The zero-order valence-electron chi connectivity index (χ0n) is 7.69. The highest BCUT2D eigenvalue weighted by molar-refractivity contribution is 7.08. The van der Waals surface area contributed by atoms with Gasteiger partial charge in [-0.1, -0.05) is 5.16 Å². The summed E-state index contributed by atoms with van der Waals surface area (Å²) in [5.74, 6) is 0.663. The summed E-state index contributed by atoms with van der Waals surface area (Å²) in [5.41, 5.74) is 5.32. The predicted molar refractivity (Wildman–Crippen MR) is 52.1 cm³/mol. The Kier molecular flexibility index (Phi) is 2.29. The van der Waals surface area contributed by atoms with Crippen LogP contribution in [0.15, 0.2) is 11.5 Å². The SMILES string of the molecule is Cc1nsc(-n2cnc(C(N)=NO)n2)n1. The summed E-state index contributed by atoms with van der Waals surface area (Å²) in [7, 11) is 0. The summed E-state index contributed by atoms with van der Waals surface area (Å²) >= 11 is 1.19. The smallest absolute Gasteiger partial charge is 0.231 e. The molecule has 2 heterocycles. The Labute approximate surface area is 88.2 Å². The highest BCUT2D eigenvalue weighted by Crippen LogP contribution is 2.08. The fraction of sp³-hybridized carbons (Fsp3) is 0.167. The normalized spacial score (nSPS) is 11.9. The van der Waals surface area contributed by atoms with Crippen LogP contribution in [0.3, 0.4) is 0 Å². The van der Waals surface area contributed by atoms with Crippen LogP contribution < -0.4 is 5.73 Å². The van der Waals surface area contributed by atoms with Crippen LogP contribution >= 0.6 is 11.5 Å². The Hall–Kier alpha value is -2.03. The number of oxime groups is 1. The van der Waals surface area contributed by atoms with E-state index in [1.54, 1.807) is 6.92 Å². The monoisotopic (exact) mass is 225 g/mol. The van der Waals surface area contributed by atoms with E-state index in [4.69, 9.17) is 10.9 Å². The second-order valence-corrected chi connectivity index (χ2v) is 3.35. The quantitative estimate of drug-likeness (QED) is 0.309. The van der Waals surface area contributed by atoms with Crippen molar-refractivity contribution in [1.29, 1.82) is 0 Å². The van der Waals surface area contributed by atoms with Gasteiger partial charge in [0.2, 0.25) is 16.8 Å². The maximum atomic E-state index is 8.42. The van der Waals surface area contributed by atoms with Crippen LogP contribution in [0.5, 0.6) is 0 Å². The Balaban J connectivity index is 2.35. The fourth-order valence-electron chi connectivity index (χ4n) is 0.896. The summed E-state index contributed by atoms with van der Waals surface area (Å²) < 4.78 is 5.41. The minimum atomic E-state index is -0.144. The Morgan fingerprint density at radius 2 is 2.47 bits per heavy atom. The van der Waals surface area contributed by atoms with Crippen molar-refractivity contribution in [2.45, 2.75) is 6.92 Å². The Morgan fingerprint density at radius 1 is 1.67 bits per heavy atom. The lowest BCUT2D eigenvalue weighted by Crippen LogP contribution is -2.15. The first-order valence-corrected chi connectivity index (χ1v) is 4.68. The highest BCUT2D eigenvalue weighted by atomic mass is 32.1. The molecule has 0 atom stereocenters. The van der Waals surface area contributed by atoms with Gasteiger partial charge in [0.05, 0.1) is 0 Å². The third kappa shape index (κ3) is 1.76. The van der Waals surface area contributed by atoms with Gasteiger partial charge >= 0.3 is 0 Å². The number of rotatable bonds is 2. The Bertz CT molecular complexity index is 501. The largest absolute Gasteiger partial charge is 0.409 e.